The molecule has 0 aliphatic carbocycles. The van der Waals surface area contributed by atoms with E-state index in [0.29, 0.717) is 18.0 Å². The molecule has 118 valence electrons. The maximum absolute atomic E-state index is 12.0. The fourth-order valence-electron chi connectivity index (χ4n) is 2.22. The summed E-state index contributed by atoms with van der Waals surface area (Å²) in [6, 6.07) is 14.9. The summed E-state index contributed by atoms with van der Waals surface area (Å²) in [7, 11) is -3.60. The van der Waals surface area contributed by atoms with Crippen LogP contribution in [0.4, 0.5) is 5.69 Å². The normalized spacial score (nSPS) is 15.2. The molecule has 0 spiro atoms. The van der Waals surface area contributed by atoms with Crippen molar-refractivity contribution in [1.82, 2.24) is 4.72 Å². The van der Waals surface area contributed by atoms with Gasteiger partial charge in [-0.15, -0.1) is 0 Å². The molecule has 6 heteroatoms. The van der Waals surface area contributed by atoms with Crippen LogP contribution in [0.3, 0.4) is 0 Å². The molecule has 1 aliphatic rings. The molecule has 1 heterocycles. The van der Waals surface area contributed by atoms with Gasteiger partial charge in [0, 0.05) is 12.4 Å². The molecular formula is C17H16N2O3S. The number of ether oxygens (including phenoxy) is 1. The van der Waals surface area contributed by atoms with Gasteiger partial charge in [-0.2, -0.15) is 8.42 Å². The molecule has 1 N–H and O–H groups in total. The third-order valence-electron chi connectivity index (χ3n) is 3.38. The van der Waals surface area contributed by atoms with Gasteiger partial charge in [0.2, 0.25) is 0 Å². The number of rotatable bonds is 5. The second kappa shape index (κ2) is 6.18. The zero-order valence-corrected chi connectivity index (χ0v) is 13.2. The lowest BCUT2D eigenvalue weighted by Gasteiger charge is -2.19. The largest absolute Gasteiger partial charge is 0.487 e. The highest BCUT2D eigenvalue weighted by Crippen LogP contribution is 2.33. The van der Waals surface area contributed by atoms with Crippen LogP contribution in [0.15, 0.2) is 67.5 Å². The Morgan fingerprint density at radius 2 is 1.96 bits per heavy atom. The number of benzene rings is 2. The van der Waals surface area contributed by atoms with Crippen LogP contribution in [0, 0.1) is 0 Å². The van der Waals surface area contributed by atoms with Gasteiger partial charge >= 0.3 is 10.2 Å². The van der Waals surface area contributed by atoms with Gasteiger partial charge in [0.15, 0.2) is 0 Å². The molecule has 23 heavy (non-hydrogen) atoms. The van der Waals surface area contributed by atoms with Gasteiger partial charge in [0.05, 0.1) is 0 Å². The number of nitrogens with one attached hydrogen (secondary N) is 1. The Labute approximate surface area is 135 Å². The molecule has 0 fully saturated rings. The van der Waals surface area contributed by atoms with Crippen molar-refractivity contribution in [2.75, 3.05) is 4.31 Å². The van der Waals surface area contributed by atoms with Crippen LogP contribution in [0.2, 0.25) is 0 Å². The maximum atomic E-state index is 12.0. The van der Waals surface area contributed by atoms with Crippen molar-refractivity contribution in [2.24, 2.45) is 0 Å². The van der Waals surface area contributed by atoms with Gasteiger partial charge in [0.25, 0.3) is 0 Å². The van der Waals surface area contributed by atoms with E-state index < -0.39 is 10.2 Å². The lowest BCUT2D eigenvalue weighted by Crippen LogP contribution is -2.28. The van der Waals surface area contributed by atoms with E-state index in [4.69, 9.17) is 4.74 Å². The van der Waals surface area contributed by atoms with Crippen molar-refractivity contribution in [3.05, 3.63) is 78.6 Å². The van der Waals surface area contributed by atoms with E-state index in [1.54, 1.807) is 24.3 Å². The molecule has 0 unspecified atom stereocenters. The van der Waals surface area contributed by atoms with Crippen molar-refractivity contribution in [3.8, 4) is 5.75 Å². The molecule has 0 aromatic heterocycles. The minimum absolute atomic E-state index is 0.347. The number of nitrogens with zero attached hydrogens (tertiary/aromatic N) is 1. The van der Waals surface area contributed by atoms with E-state index in [9.17, 15) is 8.42 Å². The van der Waals surface area contributed by atoms with Crippen LogP contribution in [-0.4, -0.2) is 8.42 Å². The third-order valence-corrected chi connectivity index (χ3v) is 4.65. The molecule has 0 saturated heterocycles. The van der Waals surface area contributed by atoms with Crippen LogP contribution < -0.4 is 13.8 Å². The first-order valence-corrected chi connectivity index (χ1v) is 8.46. The molecule has 0 radical (unpaired) electrons. The van der Waals surface area contributed by atoms with E-state index in [1.165, 1.54) is 12.4 Å². The summed E-state index contributed by atoms with van der Waals surface area (Å²) in [5.74, 6) is 0.475. The summed E-state index contributed by atoms with van der Waals surface area (Å²) >= 11 is 0. The van der Waals surface area contributed by atoms with Crippen molar-refractivity contribution >= 4 is 22.0 Å². The van der Waals surface area contributed by atoms with Gasteiger partial charge in [-0.3, -0.25) is 4.72 Å². The number of hydrogen-bond acceptors (Lipinski definition) is 3. The molecule has 5 nitrogen and oxygen atoms in total. The first-order chi connectivity index (χ1) is 11.1. The highest BCUT2D eigenvalue weighted by Gasteiger charge is 2.26. The lowest BCUT2D eigenvalue weighted by atomic mass is 10.2. The quantitative estimate of drug-likeness (QED) is 0.918. The predicted octanol–water partition coefficient (Wildman–Crippen LogP) is 3.03. The minimum atomic E-state index is -3.60. The smallest absolute Gasteiger partial charge is 0.327 e. The monoisotopic (exact) mass is 328 g/mol. The molecule has 0 bridgehead atoms. The maximum Gasteiger partial charge on any atom is 0.327 e. The second-order valence-corrected chi connectivity index (χ2v) is 6.52. The van der Waals surface area contributed by atoms with Gasteiger partial charge in [-0.1, -0.05) is 49.1 Å². The van der Waals surface area contributed by atoms with Crippen molar-refractivity contribution in [3.63, 3.8) is 0 Å². The van der Waals surface area contributed by atoms with E-state index in [1.807, 2.05) is 30.3 Å². The molecular weight excluding hydrogens is 312 g/mol. The van der Waals surface area contributed by atoms with Gasteiger partial charge < -0.3 is 4.74 Å². The van der Waals surface area contributed by atoms with Crippen molar-refractivity contribution in [1.29, 1.82) is 0 Å². The summed E-state index contributed by atoms with van der Waals surface area (Å²) in [6.07, 6.45) is 4.51. The Balaban J connectivity index is 1.93. The molecule has 2 aromatic carbocycles. The highest BCUT2D eigenvalue weighted by atomic mass is 32.2. The standard InChI is InChI=1S/C17H16N2O3S/c1-2-14-8-9-16(19-11-10-18-23(19,20)21)17(12-14)22-13-15-6-4-3-5-7-15/h2-12,18H,1,13H2. The Hall–Kier alpha value is -2.73. The Kier molecular flexibility index (Phi) is 4.08. The van der Waals surface area contributed by atoms with Gasteiger partial charge in [-0.25, -0.2) is 4.31 Å². The van der Waals surface area contributed by atoms with Gasteiger partial charge in [0.1, 0.15) is 18.0 Å². The molecule has 3 rings (SSSR count). The van der Waals surface area contributed by atoms with Gasteiger partial charge in [-0.05, 0) is 23.3 Å². The minimum Gasteiger partial charge on any atom is -0.487 e. The second-order valence-electron chi connectivity index (χ2n) is 4.94. The van der Waals surface area contributed by atoms with Crippen LogP contribution in [0.25, 0.3) is 6.08 Å². The number of anilines is 1. The number of hydrogen-bond donors (Lipinski definition) is 1. The van der Waals surface area contributed by atoms with Crippen LogP contribution in [0.5, 0.6) is 5.75 Å². The van der Waals surface area contributed by atoms with E-state index in [0.717, 1.165) is 15.4 Å². The Morgan fingerprint density at radius 3 is 2.61 bits per heavy atom. The third kappa shape index (κ3) is 3.22. The summed E-state index contributed by atoms with van der Waals surface area (Å²) in [6.45, 7) is 4.08. The Bertz CT molecular complexity index is 845. The molecule has 0 amide bonds. The molecule has 1 aliphatic heterocycles. The predicted molar refractivity (Wildman–Crippen MR) is 91.0 cm³/mol. The van der Waals surface area contributed by atoms with Crippen LogP contribution >= 0.6 is 0 Å². The summed E-state index contributed by atoms with van der Waals surface area (Å²) < 4.78 is 33.4. The summed E-state index contributed by atoms with van der Waals surface area (Å²) in [4.78, 5) is 0. The van der Waals surface area contributed by atoms with Crippen molar-refractivity contribution < 1.29 is 13.2 Å². The SMILES string of the molecule is C=Cc1ccc(N2C=CNS2(=O)=O)c(OCc2ccccc2)c1. The lowest BCUT2D eigenvalue weighted by molar-refractivity contribution is 0.307. The summed E-state index contributed by atoms with van der Waals surface area (Å²) in [5, 5.41) is 0. The molecule has 0 saturated carbocycles. The zero-order valence-electron chi connectivity index (χ0n) is 12.3. The van der Waals surface area contributed by atoms with E-state index in [2.05, 4.69) is 11.3 Å². The average Bonchev–Trinajstić information content (AvgIpc) is 2.92. The molecule has 2 aromatic rings. The Morgan fingerprint density at radius 1 is 1.17 bits per heavy atom. The van der Waals surface area contributed by atoms with E-state index in [-0.39, 0.29) is 0 Å². The fraction of sp³-hybridized carbons (Fsp3) is 0.0588. The topological polar surface area (TPSA) is 58.6 Å². The van der Waals surface area contributed by atoms with E-state index >= 15 is 0 Å². The van der Waals surface area contributed by atoms with Crippen LogP contribution in [0.1, 0.15) is 11.1 Å². The first-order valence-electron chi connectivity index (χ1n) is 7.02. The highest BCUT2D eigenvalue weighted by molar-refractivity contribution is 7.91. The zero-order chi connectivity index (χ0) is 16.3. The van der Waals surface area contributed by atoms with Crippen molar-refractivity contribution in [2.45, 2.75) is 6.61 Å². The summed E-state index contributed by atoms with van der Waals surface area (Å²) in [5.41, 5.74) is 2.30. The average molecular weight is 328 g/mol. The molecule has 0 atom stereocenters. The fourth-order valence-corrected chi connectivity index (χ4v) is 3.20. The van der Waals surface area contributed by atoms with Crippen LogP contribution in [-0.2, 0) is 16.8 Å². The first kappa shape index (κ1) is 15.2.